The van der Waals surface area contributed by atoms with Gasteiger partial charge in [-0.3, -0.25) is 0 Å². The average molecular weight is 305 g/mol. The highest BCUT2D eigenvalue weighted by Crippen LogP contribution is 2.29. The third-order valence-electron chi connectivity index (χ3n) is 3.87. The fourth-order valence-corrected chi connectivity index (χ4v) is 2.94. The van der Waals surface area contributed by atoms with E-state index in [1.165, 1.54) is 11.3 Å². The number of anilines is 1. The number of rotatable bonds is 4. The van der Waals surface area contributed by atoms with Gasteiger partial charge >= 0.3 is 0 Å². The van der Waals surface area contributed by atoms with Gasteiger partial charge in [0.2, 0.25) is 0 Å². The van der Waals surface area contributed by atoms with Crippen LogP contribution in [-0.4, -0.2) is 22.1 Å². The van der Waals surface area contributed by atoms with Gasteiger partial charge in [0.1, 0.15) is 5.82 Å². The summed E-state index contributed by atoms with van der Waals surface area (Å²) < 4.78 is 2.22. The number of hydrogen-bond acceptors (Lipinski definition) is 3. The van der Waals surface area contributed by atoms with Crippen molar-refractivity contribution in [2.75, 3.05) is 11.4 Å². The summed E-state index contributed by atoms with van der Waals surface area (Å²) in [6.45, 7) is 7.87. The van der Waals surface area contributed by atoms with E-state index in [1.54, 1.807) is 0 Å². The number of nitrogens with one attached hydrogen (secondary N) is 1. The van der Waals surface area contributed by atoms with E-state index in [9.17, 15) is 0 Å². The average Bonchev–Trinajstić information content (AvgIpc) is 2.92. The molecule has 1 aliphatic rings. The van der Waals surface area contributed by atoms with Crippen molar-refractivity contribution in [1.82, 2.24) is 14.9 Å². The molecule has 0 bridgehead atoms. The van der Waals surface area contributed by atoms with Crippen molar-refractivity contribution < 1.29 is 0 Å². The Morgan fingerprint density at radius 2 is 2.19 bits per heavy atom. The second-order valence-electron chi connectivity index (χ2n) is 5.73. The lowest BCUT2D eigenvalue weighted by molar-refractivity contribution is 0.553. The summed E-state index contributed by atoms with van der Waals surface area (Å²) in [7, 11) is 0. The first-order chi connectivity index (χ1) is 10.1. The molecule has 0 spiro atoms. The molecule has 5 heteroatoms. The SMILES string of the molecule is CC(C)NCc1c(Cl)cccc1N1CCn2ccnc2C1. The van der Waals surface area contributed by atoms with Gasteiger partial charge < -0.3 is 14.8 Å². The molecule has 1 N–H and O–H groups in total. The minimum absolute atomic E-state index is 0.439. The summed E-state index contributed by atoms with van der Waals surface area (Å²) in [5.74, 6) is 1.11. The van der Waals surface area contributed by atoms with E-state index >= 15 is 0 Å². The molecule has 4 nitrogen and oxygen atoms in total. The van der Waals surface area contributed by atoms with E-state index in [0.29, 0.717) is 6.04 Å². The van der Waals surface area contributed by atoms with Crippen molar-refractivity contribution in [3.05, 3.63) is 47.0 Å². The molecular weight excluding hydrogens is 284 g/mol. The maximum Gasteiger partial charge on any atom is 0.128 e. The lowest BCUT2D eigenvalue weighted by Gasteiger charge is -2.31. The first-order valence-electron chi connectivity index (χ1n) is 7.41. The molecule has 0 fully saturated rings. The van der Waals surface area contributed by atoms with Crippen LogP contribution in [0.15, 0.2) is 30.6 Å². The molecule has 0 saturated heterocycles. The molecule has 0 saturated carbocycles. The summed E-state index contributed by atoms with van der Waals surface area (Å²) in [5.41, 5.74) is 2.39. The van der Waals surface area contributed by atoms with Crippen molar-refractivity contribution in [2.45, 2.75) is 39.5 Å². The van der Waals surface area contributed by atoms with Gasteiger partial charge in [0, 0.05) is 54.3 Å². The zero-order chi connectivity index (χ0) is 14.8. The number of benzene rings is 1. The Morgan fingerprint density at radius 3 is 3.00 bits per heavy atom. The van der Waals surface area contributed by atoms with E-state index in [1.807, 2.05) is 24.5 Å². The molecule has 1 aromatic carbocycles. The Hall–Kier alpha value is -1.52. The molecule has 0 aliphatic carbocycles. The topological polar surface area (TPSA) is 33.1 Å². The number of imidazole rings is 1. The van der Waals surface area contributed by atoms with E-state index in [4.69, 9.17) is 11.6 Å². The van der Waals surface area contributed by atoms with Crippen molar-refractivity contribution in [1.29, 1.82) is 0 Å². The van der Waals surface area contributed by atoms with E-state index in [2.05, 4.69) is 39.7 Å². The normalized spacial score (nSPS) is 14.6. The zero-order valence-corrected chi connectivity index (χ0v) is 13.3. The van der Waals surface area contributed by atoms with Gasteiger partial charge in [-0.15, -0.1) is 0 Å². The lowest BCUT2D eigenvalue weighted by atomic mass is 10.1. The molecule has 1 aliphatic heterocycles. The number of hydrogen-bond donors (Lipinski definition) is 1. The van der Waals surface area contributed by atoms with Crippen LogP contribution in [0.4, 0.5) is 5.69 Å². The summed E-state index contributed by atoms with van der Waals surface area (Å²) in [5, 5.41) is 4.29. The number of aromatic nitrogens is 2. The standard InChI is InChI=1S/C16H21ClN4/c1-12(2)19-10-13-14(17)4-3-5-15(13)21-9-8-20-7-6-18-16(20)11-21/h3-7,12,19H,8-11H2,1-2H3. The summed E-state index contributed by atoms with van der Waals surface area (Å²) in [6, 6.07) is 6.58. The van der Waals surface area contributed by atoms with E-state index in [0.717, 1.165) is 37.0 Å². The zero-order valence-electron chi connectivity index (χ0n) is 12.5. The van der Waals surface area contributed by atoms with Gasteiger partial charge in [-0.25, -0.2) is 4.98 Å². The Kier molecular flexibility index (Phi) is 4.17. The predicted octanol–water partition coefficient (Wildman–Crippen LogP) is 3.05. The Labute approximate surface area is 130 Å². The quantitative estimate of drug-likeness (QED) is 0.942. The molecule has 3 rings (SSSR count). The van der Waals surface area contributed by atoms with Crippen molar-refractivity contribution in [3.63, 3.8) is 0 Å². The minimum atomic E-state index is 0.439. The summed E-state index contributed by atoms with van der Waals surface area (Å²) >= 11 is 6.42. The molecule has 0 atom stereocenters. The van der Waals surface area contributed by atoms with Crippen LogP contribution < -0.4 is 10.2 Å². The Balaban J connectivity index is 1.86. The molecule has 0 unspecified atom stereocenters. The molecule has 2 aromatic rings. The smallest absolute Gasteiger partial charge is 0.128 e. The predicted molar refractivity (Wildman–Crippen MR) is 86.7 cm³/mol. The minimum Gasteiger partial charge on any atom is -0.362 e. The van der Waals surface area contributed by atoms with Gasteiger partial charge in [-0.1, -0.05) is 31.5 Å². The first-order valence-corrected chi connectivity index (χ1v) is 7.78. The third-order valence-corrected chi connectivity index (χ3v) is 4.22. The second kappa shape index (κ2) is 6.08. The molecule has 0 amide bonds. The van der Waals surface area contributed by atoms with Gasteiger partial charge in [0.05, 0.1) is 6.54 Å². The molecular formula is C16H21ClN4. The maximum atomic E-state index is 6.42. The summed E-state index contributed by atoms with van der Waals surface area (Å²) in [6.07, 6.45) is 3.92. The van der Waals surface area contributed by atoms with Gasteiger partial charge in [0.25, 0.3) is 0 Å². The summed E-state index contributed by atoms with van der Waals surface area (Å²) in [4.78, 5) is 6.80. The molecule has 0 radical (unpaired) electrons. The fraction of sp³-hybridized carbons (Fsp3) is 0.438. The van der Waals surface area contributed by atoms with Crippen LogP contribution in [0.5, 0.6) is 0 Å². The number of nitrogens with zero attached hydrogens (tertiary/aromatic N) is 3. The molecule has 1 aromatic heterocycles. The van der Waals surface area contributed by atoms with Gasteiger partial charge in [-0.2, -0.15) is 0 Å². The van der Waals surface area contributed by atoms with E-state index < -0.39 is 0 Å². The van der Waals surface area contributed by atoms with Crippen LogP contribution in [0.3, 0.4) is 0 Å². The highest BCUT2D eigenvalue weighted by atomic mass is 35.5. The molecule has 21 heavy (non-hydrogen) atoms. The van der Waals surface area contributed by atoms with E-state index in [-0.39, 0.29) is 0 Å². The van der Waals surface area contributed by atoms with Crippen LogP contribution in [-0.2, 0) is 19.6 Å². The Bertz CT molecular complexity index is 620. The monoisotopic (exact) mass is 304 g/mol. The third kappa shape index (κ3) is 3.06. The van der Waals surface area contributed by atoms with Gasteiger partial charge in [-0.05, 0) is 12.1 Å². The van der Waals surface area contributed by atoms with Gasteiger partial charge in [0.15, 0.2) is 0 Å². The largest absolute Gasteiger partial charge is 0.362 e. The molecule has 112 valence electrons. The van der Waals surface area contributed by atoms with Crippen molar-refractivity contribution in [3.8, 4) is 0 Å². The second-order valence-corrected chi connectivity index (χ2v) is 6.14. The highest BCUT2D eigenvalue weighted by Gasteiger charge is 2.20. The maximum absolute atomic E-state index is 6.42. The van der Waals surface area contributed by atoms with Crippen molar-refractivity contribution in [2.24, 2.45) is 0 Å². The first kappa shape index (κ1) is 14.4. The fourth-order valence-electron chi connectivity index (χ4n) is 2.70. The van der Waals surface area contributed by atoms with Crippen LogP contribution in [0.25, 0.3) is 0 Å². The molecule has 2 heterocycles. The van der Waals surface area contributed by atoms with Crippen LogP contribution in [0.2, 0.25) is 5.02 Å². The number of halogens is 1. The highest BCUT2D eigenvalue weighted by molar-refractivity contribution is 6.31. The number of fused-ring (bicyclic) bond motifs is 1. The Morgan fingerprint density at radius 1 is 1.33 bits per heavy atom. The van der Waals surface area contributed by atoms with Crippen LogP contribution in [0.1, 0.15) is 25.2 Å². The van der Waals surface area contributed by atoms with Crippen LogP contribution >= 0.6 is 11.6 Å². The lowest BCUT2D eigenvalue weighted by Crippen LogP contribution is -2.35. The van der Waals surface area contributed by atoms with Crippen molar-refractivity contribution >= 4 is 17.3 Å². The van der Waals surface area contributed by atoms with Crippen LogP contribution in [0, 0.1) is 0 Å².